The van der Waals surface area contributed by atoms with Crippen LogP contribution in [0.2, 0.25) is 0 Å². The molecule has 0 spiro atoms. The zero-order chi connectivity index (χ0) is 12.5. The molecule has 0 unspecified atom stereocenters. The molecule has 0 radical (unpaired) electrons. The van der Waals surface area contributed by atoms with Crippen LogP contribution in [0, 0.1) is 6.92 Å². The van der Waals surface area contributed by atoms with Crippen molar-refractivity contribution in [1.29, 1.82) is 0 Å². The molecule has 94 valence electrons. The molecule has 4 nitrogen and oxygen atoms in total. The fourth-order valence-electron chi connectivity index (χ4n) is 1.58. The summed E-state index contributed by atoms with van der Waals surface area (Å²) in [5.41, 5.74) is 5.25. The Morgan fingerprint density at radius 1 is 1.35 bits per heavy atom. The summed E-state index contributed by atoms with van der Waals surface area (Å²) >= 11 is 0. The van der Waals surface area contributed by atoms with Crippen molar-refractivity contribution in [1.82, 2.24) is 10.7 Å². The molecule has 0 heterocycles. The summed E-state index contributed by atoms with van der Waals surface area (Å²) in [5, 5.41) is 3.19. The topological polar surface area (TPSA) is 62.4 Å². The van der Waals surface area contributed by atoms with Gasteiger partial charge in [0.25, 0.3) is 0 Å². The fraction of sp³-hybridized carbons (Fsp3) is 0.462. The lowest BCUT2D eigenvalue weighted by atomic mass is 10.1. The zero-order valence-corrected chi connectivity index (χ0v) is 10.7. The number of nitrogens with two attached hydrogens (primary N) is 1. The first-order valence-electron chi connectivity index (χ1n) is 6.07. The molecular weight excluding hydrogens is 212 g/mol. The minimum Gasteiger partial charge on any atom is -0.355 e. The van der Waals surface area contributed by atoms with Crippen molar-refractivity contribution in [2.75, 3.05) is 13.1 Å². The third-order valence-electron chi connectivity index (χ3n) is 2.58. The van der Waals surface area contributed by atoms with Crippen LogP contribution in [0.15, 0.2) is 29.3 Å². The quantitative estimate of drug-likeness (QED) is 0.312. The minimum atomic E-state index is 0.667. The lowest BCUT2D eigenvalue weighted by molar-refractivity contribution is 0.797. The zero-order valence-electron chi connectivity index (χ0n) is 10.7. The lowest BCUT2D eigenvalue weighted by Gasteiger charge is -2.10. The molecule has 0 saturated heterocycles. The van der Waals surface area contributed by atoms with Crippen LogP contribution in [0.25, 0.3) is 0 Å². The summed E-state index contributed by atoms with van der Waals surface area (Å²) in [4.78, 5) is 4.28. The highest BCUT2D eigenvalue weighted by atomic mass is 15.3. The summed E-state index contributed by atoms with van der Waals surface area (Å²) in [6, 6.07) is 8.40. The van der Waals surface area contributed by atoms with E-state index in [1.807, 2.05) is 0 Å². The number of aryl methyl sites for hydroxylation is 1. The number of hydrazine groups is 1. The van der Waals surface area contributed by atoms with Crippen molar-refractivity contribution in [2.24, 2.45) is 10.8 Å². The minimum absolute atomic E-state index is 0.667. The first kappa shape index (κ1) is 13.5. The largest absolute Gasteiger partial charge is 0.355 e. The number of hydrogen-bond acceptors (Lipinski definition) is 2. The van der Waals surface area contributed by atoms with Crippen molar-refractivity contribution in [2.45, 2.75) is 26.7 Å². The third kappa shape index (κ3) is 4.87. The highest BCUT2D eigenvalue weighted by molar-refractivity contribution is 5.79. The Morgan fingerprint density at radius 3 is 2.76 bits per heavy atom. The van der Waals surface area contributed by atoms with Crippen molar-refractivity contribution in [3.05, 3.63) is 35.4 Å². The van der Waals surface area contributed by atoms with E-state index < -0.39 is 0 Å². The van der Waals surface area contributed by atoms with Crippen LogP contribution < -0.4 is 16.6 Å². The summed E-state index contributed by atoms with van der Waals surface area (Å²) in [6.07, 6.45) is 1.99. The van der Waals surface area contributed by atoms with E-state index >= 15 is 0 Å². The van der Waals surface area contributed by atoms with E-state index in [-0.39, 0.29) is 0 Å². The Balaban J connectivity index is 2.39. The van der Waals surface area contributed by atoms with Crippen molar-refractivity contribution >= 4 is 5.96 Å². The van der Waals surface area contributed by atoms with Gasteiger partial charge in [0, 0.05) is 13.1 Å². The summed E-state index contributed by atoms with van der Waals surface area (Å²) < 4.78 is 0. The Labute approximate surface area is 103 Å². The molecule has 0 aromatic heterocycles. The Kier molecular flexibility index (Phi) is 6.10. The molecule has 0 fully saturated rings. The third-order valence-corrected chi connectivity index (χ3v) is 2.58. The molecule has 0 saturated carbocycles. The number of rotatable bonds is 5. The standard InChI is InChI=1S/C13H22N4/c1-3-9-15-13(17-14)16-10-8-12-7-5-4-6-11(12)2/h4-7H,3,8-10,14H2,1-2H3,(H2,15,16,17). The normalized spacial score (nSPS) is 11.4. The highest BCUT2D eigenvalue weighted by Crippen LogP contribution is 2.06. The van der Waals surface area contributed by atoms with E-state index in [0.29, 0.717) is 5.96 Å². The smallest absolute Gasteiger partial charge is 0.205 e. The van der Waals surface area contributed by atoms with E-state index in [2.05, 4.69) is 53.8 Å². The maximum Gasteiger partial charge on any atom is 0.205 e. The van der Waals surface area contributed by atoms with E-state index in [4.69, 9.17) is 5.84 Å². The predicted octanol–water partition coefficient (Wildman–Crippen LogP) is 1.36. The number of aliphatic imine (C=N–C) groups is 1. The first-order valence-corrected chi connectivity index (χ1v) is 6.07. The van der Waals surface area contributed by atoms with Gasteiger partial charge in [-0.15, -0.1) is 0 Å². The molecule has 0 bridgehead atoms. The molecule has 4 heteroatoms. The van der Waals surface area contributed by atoms with Gasteiger partial charge in [0.2, 0.25) is 5.96 Å². The van der Waals surface area contributed by atoms with Gasteiger partial charge < -0.3 is 5.32 Å². The van der Waals surface area contributed by atoms with E-state index in [0.717, 1.165) is 25.9 Å². The average Bonchev–Trinajstić information content (AvgIpc) is 2.35. The van der Waals surface area contributed by atoms with Gasteiger partial charge in [-0.25, -0.2) is 5.84 Å². The summed E-state index contributed by atoms with van der Waals surface area (Å²) in [6.45, 7) is 5.84. The van der Waals surface area contributed by atoms with Gasteiger partial charge in [0.05, 0.1) is 0 Å². The molecule has 1 rings (SSSR count). The van der Waals surface area contributed by atoms with Crippen LogP contribution in [0.3, 0.4) is 0 Å². The SMILES string of the molecule is CCCN=C(NN)NCCc1ccccc1C. The monoisotopic (exact) mass is 234 g/mol. The molecule has 0 atom stereocenters. The van der Waals surface area contributed by atoms with Gasteiger partial charge in [-0.2, -0.15) is 0 Å². The number of nitrogens with zero attached hydrogens (tertiary/aromatic N) is 1. The van der Waals surface area contributed by atoms with Crippen LogP contribution in [-0.2, 0) is 6.42 Å². The fourth-order valence-corrected chi connectivity index (χ4v) is 1.58. The molecule has 4 N–H and O–H groups in total. The first-order chi connectivity index (χ1) is 8.27. The molecule has 1 aromatic rings. The second kappa shape index (κ2) is 7.68. The van der Waals surface area contributed by atoms with Gasteiger partial charge >= 0.3 is 0 Å². The number of benzene rings is 1. The molecule has 17 heavy (non-hydrogen) atoms. The van der Waals surface area contributed by atoms with Crippen LogP contribution in [-0.4, -0.2) is 19.0 Å². The average molecular weight is 234 g/mol. The Morgan fingerprint density at radius 2 is 2.12 bits per heavy atom. The van der Waals surface area contributed by atoms with Gasteiger partial charge in [0.15, 0.2) is 0 Å². The lowest BCUT2D eigenvalue weighted by Crippen LogP contribution is -2.42. The van der Waals surface area contributed by atoms with Gasteiger partial charge in [-0.1, -0.05) is 31.2 Å². The second-order valence-corrected chi connectivity index (χ2v) is 3.98. The molecular formula is C13H22N4. The van der Waals surface area contributed by atoms with E-state index in [1.54, 1.807) is 0 Å². The van der Waals surface area contributed by atoms with Gasteiger partial charge in [-0.3, -0.25) is 10.4 Å². The molecule has 0 aliphatic rings. The number of hydrogen-bond donors (Lipinski definition) is 3. The van der Waals surface area contributed by atoms with E-state index in [1.165, 1.54) is 11.1 Å². The highest BCUT2D eigenvalue weighted by Gasteiger charge is 1.98. The van der Waals surface area contributed by atoms with Gasteiger partial charge in [-0.05, 0) is 30.9 Å². The molecule has 0 aliphatic carbocycles. The summed E-state index contributed by atoms with van der Waals surface area (Å²) in [5.74, 6) is 6.05. The van der Waals surface area contributed by atoms with Crippen LogP contribution in [0.5, 0.6) is 0 Å². The van der Waals surface area contributed by atoms with Crippen molar-refractivity contribution in [3.63, 3.8) is 0 Å². The van der Waals surface area contributed by atoms with Crippen LogP contribution in [0.4, 0.5) is 0 Å². The maximum atomic E-state index is 5.38. The number of nitrogens with one attached hydrogen (secondary N) is 2. The Bertz CT molecular complexity index is 360. The predicted molar refractivity (Wildman–Crippen MR) is 72.8 cm³/mol. The van der Waals surface area contributed by atoms with E-state index in [9.17, 15) is 0 Å². The van der Waals surface area contributed by atoms with Crippen molar-refractivity contribution < 1.29 is 0 Å². The van der Waals surface area contributed by atoms with Crippen LogP contribution >= 0.6 is 0 Å². The summed E-state index contributed by atoms with van der Waals surface area (Å²) in [7, 11) is 0. The van der Waals surface area contributed by atoms with Gasteiger partial charge in [0.1, 0.15) is 0 Å². The number of guanidine groups is 1. The van der Waals surface area contributed by atoms with Crippen LogP contribution in [0.1, 0.15) is 24.5 Å². The molecule has 0 aliphatic heterocycles. The maximum absolute atomic E-state index is 5.38. The second-order valence-electron chi connectivity index (χ2n) is 3.98. The molecule has 1 aromatic carbocycles. The Hall–Kier alpha value is -1.55. The molecule has 0 amide bonds. The van der Waals surface area contributed by atoms with Crippen molar-refractivity contribution in [3.8, 4) is 0 Å².